The maximum Gasteiger partial charge on any atom is 0.274 e. The van der Waals surface area contributed by atoms with Crippen LogP contribution in [-0.2, 0) is 12.6 Å². The first kappa shape index (κ1) is 15.5. The third-order valence-electron chi connectivity index (χ3n) is 3.88. The lowest BCUT2D eigenvalue weighted by Gasteiger charge is -2.17. The lowest BCUT2D eigenvalue weighted by molar-refractivity contribution is 0.100. The van der Waals surface area contributed by atoms with E-state index in [1.54, 1.807) is 23.9 Å². The molecule has 3 rings (SSSR count). The molecule has 0 saturated heterocycles. The molecule has 2 aromatic heterocycles. The van der Waals surface area contributed by atoms with Crippen molar-refractivity contribution >= 4 is 18.3 Å². The molecule has 21 heavy (non-hydrogen) atoms. The van der Waals surface area contributed by atoms with Gasteiger partial charge >= 0.3 is 0 Å². The van der Waals surface area contributed by atoms with E-state index in [9.17, 15) is 4.79 Å². The van der Waals surface area contributed by atoms with Crippen molar-refractivity contribution in [2.24, 2.45) is 18.5 Å². The van der Waals surface area contributed by atoms with Gasteiger partial charge in [-0.1, -0.05) is 18.0 Å². The minimum atomic E-state index is -0.488. The highest BCUT2D eigenvalue weighted by atomic mass is 35.5. The highest BCUT2D eigenvalue weighted by molar-refractivity contribution is 5.93. The van der Waals surface area contributed by atoms with Gasteiger partial charge in [-0.05, 0) is 18.9 Å². The minimum absolute atomic E-state index is 0. The first-order chi connectivity index (χ1) is 9.49. The number of primary amides is 1. The highest BCUT2D eigenvalue weighted by Gasteiger charge is 2.36. The molecule has 0 aromatic carbocycles. The standard InChI is InChI=1S/C13H17N5O2.ClH/c1-18-7-8(10(14)19)6-9(18)11-16-12(17-20-11)13(15)4-2-3-5-13;/h6-7H,2-5,15H2,1H3,(H2,14,19);1H. The van der Waals surface area contributed by atoms with Gasteiger partial charge in [0.25, 0.3) is 5.89 Å². The van der Waals surface area contributed by atoms with Gasteiger partial charge in [-0.3, -0.25) is 4.79 Å². The van der Waals surface area contributed by atoms with Gasteiger partial charge in [0.2, 0.25) is 5.91 Å². The molecule has 7 nitrogen and oxygen atoms in total. The predicted molar refractivity (Wildman–Crippen MR) is 78.8 cm³/mol. The van der Waals surface area contributed by atoms with Gasteiger partial charge in [-0.15, -0.1) is 12.4 Å². The fourth-order valence-electron chi connectivity index (χ4n) is 2.67. The van der Waals surface area contributed by atoms with Crippen molar-refractivity contribution in [2.45, 2.75) is 31.2 Å². The van der Waals surface area contributed by atoms with Gasteiger partial charge < -0.3 is 20.6 Å². The summed E-state index contributed by atoms with van der Waals surface area (Å²) >= 11 is 0. The Morgan fingerprint density at radius 3 is 2.67 bits per heavy atom. The SMILES string of the molecule is Cl.Cn1cc(C(N)=O)cc1-c1nc(C2(N)CCCC2)no1. The van der Waals surface area contributed by atoms with Crippen molar-refractivity contribution in [3.05, 3.63) is 23.7 Å². The van der Waals surface area contributed by atoms with Crippen LogP contribution in [0, 0.1) is 0 Å². The van der Waals surface area contributed by atoms with E-state index in [0.717, 1.165) is 25.7 Å². The topological polar surface area (TPSA) is 113 Å². The molecule has 4 N–H and O–H groups in total. The summed E-state index contributed by atoms with van der Waals surface area (Å²) in [7, 11) is 1.79. The van der Waals surface area contributed by atoms with E-state index in [1.165, 1.54) is 0 Å². The van der Waals surface area contributed by atoms with Crippen LogP contribution in [0.2, 0.25) is 0 Å². The molecule has 8 heteroatoms. The van der Waals surface area contributed by atoms with Crippen LogP contribution in [0.5, 0.6) is 0 Å². The number of aromatic nitrogens is 3. The molecule has 0 aliphatic heterocycles. The quantitative estimate of drug-likeness (QED) is 0.887. The van der Waals surface area contributed by atoms with Gasteiger partial charge in [0, 0.05) is 13.2 Å². The largest absolute Gasteiger partial charge is 0.366 e. The maximum atomic E-state index is 11.2. The Morgan fingerprint density at radius 2 is 2.10 bits per heavy atom. The number of nitrogens with zero attached hydrogens (tertiary/aromatic N) is 3. The maximum absolute atomic E-state index is 11.2. The molecule has 0 radical (unpaired) electrons. The number of rotatable bonds is 3. The van der Waals surface area contributed by atoms with Crippen molar-refractivity contribution in [2.75, 3.05) is 0 Å². The molecule has 1 fully saturated rings. The van der Waals surface area contributed by atoms with Crippen LogP contribution in [0.15, 0.2) is 16.8 Å². The molecule has 1 aliphatic rings. The van der Waals surface area contributed by atoms with E-state index in [2.05, 4.69) is 10.1 Å². The number of halogens is 1. The van der Waals surface area contributed by atoms with Crippen LogP contribution in [-0.4, -0.2) is 20.6 Å². The molecule has 1 saturated carbocycles. The smallest absolute Gasteiger partial charge is 0.274 e. The Labute approximate surface area is 128 Å². The Bertz CT molecular complexity index is 657. The Hall–Kier alpha value is -1.86. The summed E-state index contributed by atoms with van der Waals surface area (Å²) in [6, 6.07) is 1.64. The van der Waals surface area contributed by atoms with Crippen LogP contribution in [0.3, 0.4) is 0 Å². The predicted octanol–water partition coefficient (Wildman–Crippen LogP) is 1.32. The first-order valence-corrected chi connectivity index (χ1v) is 6.59. The van der Waals surface area contributed by atoms with Crippen molar-refractivity contribution in [3.63, 3.8) is 0 Å². The zero-order valence-electron chi connectivity index (χ0n) is 11.7. The summed E-state index contributed by atoms with van der Waals surface area (Å²) < 4.78 is 7.02. The van der Waals surface area contributed by atoms with E-state index in [-0.39, 0.29) is 12.4 Å². The van der Waals surface area contributed by atoms with E-state index in [1.807, 2.05) is 0 Å². The van der Waals surface area contributed by atoms with Crippen LogP contribution in [0.4, 0.5) is 0 Å². The Morgan fingerprint density at radius 1 is 1.43 bits per heavy atom. The zero-order valence-corrected chi connectivity index (χ0v) is 12.5. The number of hydrogen-bond donors (Lipinski definition) is 2. The van der Waals surface area contributed by atoms with Crippen molar-refractivity contribution in [1.82, 2.24) is 14.7 Å². The second-order valence-electron chi connectivity index (χ2n) is 5.38. The van der Waals surface area contributed by atoms with Crippen molar-refractivity contribution in [1.29, 1.82) is 0 Å². The number of carbonyl (C=O) groups is 1. The lowest BCUT2D eigenvalue weighted by atomic mass is 9.99. The van der Waals surface area contributed by atoms with E-state index in [0.29, 0.717) is 23.0 Å². The highest BCUT2D eigenvalue weighted by Crippen LogP contribution is 2.35. The molecule has 0 unspecified atom stereocenters. The molecule has 0 spiro atoms. The number of hydrogen-bond acceptors (Lipinski definition) is 5. The average Bonchev–Trinajstić information content (AvgIpc) is 3.07. The molecule has 2 aromatic rings. The van der Waals surface area contributed by atoms with Gasteiger partial charge in [-0.2, -0.15) is 4.98 Å². The number of amides is 1. The molecule has 0 bridgehead atoms. The Kier molecular flexibility index (Phi) is 4.06. The third kappa shape index (κ3) is 2.66. The Balaban J connectivity index is 0.00000161. The summed E-state index contributed by atoms with van der Waals surface area (Å²) in [6.07, 6.45) is 5.53. The van der Waals surface area contributed by atoms with Crippen LogP contribution in [0.25, 0.3) is 11.6 Å². The van der Waals surface area contributed by atoms with Gasteiger partial charge in [0.1, 0.15) is 5.69 Å². The molecular formula is C13H18ClN5O2. The van der Waals surface area contributed by atoms with Gasteiger partial charge in [0.15, 0.2) is 5.82 Å². The minimum Gasteiger partial charge on any atom is -0.366 e. The fourth-order valence-corrected chi connectivity index (χ4v) is 2.67. The second-order valence-corrected chi connectivity index (χ2v) is 5.38. The van der Waals surface area contributed by atoms with E-state index >= 15 is 0 Å². The normalized spacial score (nSPS) is 16.7. The summed E-state index contributed by atoms with van der Waals surface area (Å²) in [6.45, 7) is 0. The van der Waals surface area contributed by atoms with Crippen LogP contribution < -0.4 is 11.5 Å². The summed E-state index contributed by atoms with van der Waals surface area (Å²) in [5, 5.41) is 4.00. The lowest BCUT2D eigenvalue weighted by Crippen LogP contribution is -2.34. The molecule has 114 valence electrons. The zero-order chi connectivity index (χ0) is 14.3. The number of carbonyl (C=O) groups excluding carboxylic acids is 1. The van der Waals surface area contributed by atoms with Gasteiger partial charge in [0.05, 0.1) is 11.1 Å². The number of nitrogens with two attached hydrogens (primary N) is 2. The molecular weight excluding hydrogens is 294 g/mol. The summed E-state index contributed by atoms with van der Waals surface area (Å²) in [5.41, 5.74) is 12.1. The van der Waals surface area contributed by atoms with Crippen molar-refractivity contribution < 1.29 is 9.32 Å². The van der Waals surface area contributed by atoms with Crippen LogP contribution >= 0.6 is 12.4 Å². The molecule has 1 amide bonds. The fraction of sp³-hybridized carbons (Fsp3) is 0.462. The summed E-state index contributed by atoms with van der Waals surface area (Å²) in [4.78, 5) is 15.6. The molecule has 2 heterocycles. The molecule has 0 atom stereocenters. The average molecular weight is 312 g/mol. The monoisotopic (exact) mass is 311 g/mol. The van der Waals surface area contributed by atoms with Gasteiger partial charge in [-0.25, -0.2) is 0 Å². The second kappa shape index (κ2) is 5.50. The van der Waals surface area contributed by atoms with E-state index < -0.39 is 11.4 Å². The first-order valence-electron chi connectivity index (χ1n) is 6.59. The van der Waals surface area contributed by atoms with Crippen molar-refractivity contribution in [3.8, 4) is 11.6 Å². The van der Waals surface area contributed by atoms with E-state index in [4.69, 9.17) is 16.0 Å². The van der Waals surface area contributed by atoms with Crippen LogP contribution in [0.1, 0.15) is 41.9 Å². The molecule has 1 aliphatic carbocycles. The number of aryl methyl sites for hydroxylation is 1. The summed E-state index contributed by atoms with van der Waals surface area (Å²) in [5.74, 6) is 0.399. The third-order valence-corrected chi connectivity index (χ3v) is 3.88.